The molecule has 1 aliphatic heterocycles. The average Bonchev–Trinajstić information content (AvgIpc) is 2.69. The second-order valence-corrected chi connectivity index (χ2v) is 7.78. The van der Waals surface area contributed by atoms with Gasteiger partial charge in [0.15, 0.2) is 12.6 Å². The summed E-state index contributed by atoms with van der Waals surface area (Å²) in [5, 5.41) is 6.55. The highest BCUT2D eigenvalue weighted by molar-refractivity contribution is 5.79. The number of nitrogens with zero attached hydrogens (tertiary/aromatic N) is 3. The van der Waals surface area contributed by atoms with Crippen molar-refractivity contribution >= 4 is 5.96 Å². The Morgan fingerprint density at radius 2 is 1.90 bits per heavy atom. The van der Waals surface area contributed by atoms with E-state index in [4.69, 9.17) is 4.74 Å². The topological polar surface area (TPSA) is 52.1 Å². The van der Waals surface area contributed by atoms with Crippen LogP contribution in [0.15, 0.2) is 23.2 Å². The molecule has 0 radical (unpaired) electrons. The second kappa shape index (κ2) is 11.4. The Hall–Kier alpha value is -2.00. The minimum atomic E-state index is -4.37. The lowest BCUT2D eigenvalue weighted by Crippen LogP contribution is -2.52. The highest BCUT2D eigenvalue weighted by Crippen LogP contribution is 2.24. The summed E-state index contributed by atoms with van der Waals surface area (Å²) in [6.45, 7) is 10.5. The van der Waals surface area contributed by atoms with E-state index in [0.717, 1.165) is 38.3 Å². The number of nitrogens with one attached hydrogen (secondary N) is 2. The first-order chi connectivity index (χ1) is 14.2. The minimum Gasteiger partial charge on any atom is -0.484 e. The van der Waals surface area contributed by atoms with Crippen LogP contribution in [0.1, 0.15) is 25.0 Å². The number of halogens is 3. The molecule has 0 aromatic heterocycles. The van der Waals surface area contributed by atoms with Crippen LogP contribution in [-0.2, 0) is 6.54 Å². The Morgan fingerprint density at radius 3 is 2.53 bits per heavy atom. The first kappa shape index (κ1) is 24.3. The Bertz CT molecular complexity index is 688. The minimum absolute atomic E-state index is 0.220. The molecule has 2 rings (SSSR count). The molecule has 0 amide bonds. The number of alkyl halides is 3. The van der Waals surface area contributed by atoms with Gasteiger partial charge in [0, 0.05) is 50.9 Å². The van der Waals surface area contributed by atoms with Gasteiger partial charge in [0.2, 0.25) is 0 Å². The summed E-state index contributed by atoms with van der Waals surface area (Å²) in [5.41, 5.74) is 1.46. The number of benzene rings is 1. The molecule has 9 heteroatoms. The summed E-state index contributed by atoms with van der Waals surface area (Å²) >= 11 is 0. The van der Waals surface area contributed by atoms with Crippen molar-refractivity contribution in [2.75, 3.05) is 52.9 Å². The van der Waals surface area contributed by atoms with E-state index in [-0.39, 0.29) is 12.3 Å². The van der Waals surface area contributed by atoms with Gasteiger partial charge in [-0.1, -0.05) is 12.1 Å². The van der Waals surface area contributed by atoms with Gasteiger partial charge in [-0.05, 0) is 39.4 Å². The smallest absolute Gasteiger partial charge is 0.422 e. The van der Waals surface area contributed by atoms with Crippen LogP contribution < -0.4 is 15.4 Å². The highest BCUT2D eigenvalue weighted by atomic mass is 19.4. The van der Waals surface area contributed by atoms with Gasteiger partial charge in [-0.25, -0.2) is 4.99 Å². The van der Waals surface area contributed by atoms with E-state index in [1.54, 1.807) is 12.1 Å². The summed E-state index contributed by atoms with van der Waals surface area (Å²) in [6, 6.07) is 5.58. The van der Waals surface area contributed by atoms with Crippen molar-refractivity contribution in [1.82, 2.24) is 20.4 Å². The maximum atomic E-state index is 12.6. The summed E-state index contributed by atoms with van der Waals surface area (Å²) < 4.78 is 42.7. The molecule has 6 nitrogen and oxygen atoms in total. The zero-order valence-electron chi connectivity index (χ0n) is 18.4. The molecule has 1 fully saturated rings. The molecular weight excluding hydrogens is 395 g/mol. The molecule has 30 heavy (non-hydrogen) atoms. The van der Waals surface area contributed by atoms with Crippen LogP contribution in [0.3, 0.4) is 0 Å². The molecule has 0 aliphatic carbocycles. The van der Waals surface area contributed by atoms with E-state index >= 15 is 0 Å². The largest absolute Gasteiger partial charge is 0.484 e. The molecule has 0 saturated carbocycles. The monoisotopic (exact) mass is 429 g/mol. The summed E-state index contributed by atoms with van der Waals surface area (Å²) in [5.74, 6) is 0.860. The number of aryl methyl sites for hydroxylation is 1. The standard InChI is InChI=1S/C21H34F3N5O/c1-5-25-20(26-13-17(3)29-10-8-28(4)9-11-29)27-14-18-7-6-16(2)12-19(18)30-15-21(22,23)24/h6-7,12,17H,5,8-11,13-15H2,1-4H3,(H2,25,26,27). The van der Waals surface area contributed by atoms with Gasteiger partial charge in [-0.15, -0.1) is 0 Å². The maximum absolute atomic E-state index is 12.6. The van der Waals surface area contributed by atoms with Crippen LogP contribution in [0.4, 0.5) is 13.2 Å². The van der Waals surface area contributed by atoms with Crippen molar-refractivity contribution in [1.29, 1.82) is 0 Å². The zero-order valence-corrected chi connectivity index (χ0v) is 18.4. The van der Waals surface area contributed by atoms with E-state index in [9.17, 15) is 13.2 Å². The molecular formula is C21H34F3N5O. The van der Waals surface area contributed by atoms with Crippen molar-refractivity contribution in [2.24, 2.45) is 4.99 Å². The second-order valence-electron chi connectivity index (χ2n) is 7.78. The molecule has 170 valence electrons. The van der Waals surface area contributed by atoms with Crippen LogP contribution >= 0.6 is 0 Å². The van der Waals surface area contributed by atoms with Gasteiger partial charge in [0.25, 0.3) is 0 Å². The summed E-state index contributed by atoms with van der Waals surface area (Å²) in [4.78, 5) is 9.32. The third-order valence-corrected chi connectivity index (χ3v) is 5.09. The van der Waals surface area contributed by atoms with Crippen LogP contribution in [0, 0.1) is 6.92 Å². The lowest BCUT2D eigenvalue weighted by atomic mass is 10.1. The molecule has 0 bridgehead atoms. The number of aliphatic imine (C=N–C) groups is 1. The predicted molar refractivity (Wildman–Crippen MR) is 114 cm³/mol. The molecule has 1 atom stereocenters. The lowest BCUT2D eigenvalue weighted by Gasteiger charge is -2.36. The fourth-order valence-corrected chi connectivity index (χ4v) is 3.23. The van der Waals surface area contributed by atoms with Crippen molar-refractivity contribution in [2.45, 2.75) is 39.5 Å². The first-order valence-electron chi connectivity index (χ1n) is 10.4. The third kappa shape index (κ3) is 8.39. The predicted octanol–water partition coefficient (Wildman–Crippen LogP) is 2.63. The number of rotatable bonds is 8. The van der Waals surface area contributed by atoms with Gasteiger partial charge >= 0.3 is 6.18 Å². The van der Waals surface area contributed by atoms with Gasteiger partial charge in [-0.2, -0.15) is 13.2 Å². The Labute approximate surface area is 177 Å². The van der Waals surface area contributed by atoms with Gasteiger partial charge in [0.05, 0.1) is 6.54 Å². The number of guanidine groups is 1. The van der Waals surface area contributed by atoms with Gasteiger partial charge in [0.1, 0.15) is 5.75 Å². The van der Waals surface area contributed by atoms with E-state index in [1.807, 2.05) is 19.9 Å². The van der Waals surface area contributed by atoms with Crippen molar-refractivity contribution in [3.05, 3.63) is 29.3 Å². The Kier molecular flexibility index (Phi) is 9.23. The molecule has 1 unspecified atom stereocenters. The quantitative estimate of drug-likeness (QED) is 0.492. The van der Waals surface area contributed by atoms with Crippen molar-refractivity contribution in [3.63, 3.8) is 0 Å². The zero-order chi connectivity index (χ0) is 22.1. The summed E-state index contributed by atoms with van der Waals surface area (Å²) in [6.07, 6.45) is -4.37. The molecule has 1 aromatic carbocycles. The number of piperazine rings is 1. The van der Waals surface area contributed by atoms with Gasteiger partial charge < -0.3 is 20.3 Å². The van der Waals surface area contributed by atoms with E-state index in [2.05, 4.69) is 39.4 Å². The fourth-order valence-electron chi connectivity index (χ4n) is 3.23. The van der Waals surface area contributed by atoms with Crippen LogP contribution in [0.2, 0.25) is 0 Å². The first-order valence-corrected chi connectivity index (χ1v) is 10.4. The van der Waals surface area contributed by atoms with Crippen molar-refractivity contribution in [3.8, 4) is 5.75 Å². The number of likely N-dealkylation sites (N-methyl/N-ethyl adjacent to an activating group) is 1. The van der Waals surface area contributed by atoms with Gasteiger partial charge in [-0.3, -0.25) is 4.90 Å². The SMILES string of the molecule is CCNC(=NCc1ccc(C)cc1OCC(F)(F)F)NCC(C)N1CCN(C)CC1. The van der Waals surface area contributed by atoms with E-state index in [0.29, 0.717) is 24.1 Å². The molecule has 1 saturated heterocycles. The fraction of sp³-hybridized carbons (Fsp3) is 0.667. The lowest BCUT2D eigenvalue weighted by molar-refractivity contribution is -0.153. The van der Waals surface area contributed by atoms with Crippen molar-refractivity contribution < 1.29 is 17.9 Å². The normalized spacial score (nSPS) is 17.6. The maximum Gasteiger partial charge on any atom is 0.422 e. The number of hydrogen-bond acceptors (Lipinski definition) is 4. The summed E-state index contributed by atoms with van der Waals surface area (Å²) in [7, 11) is 2.13. The Morgan fingerprint density at radius 1 is 1.20 bits per heavy atom. The molecule has 1 heterocycles. The average molecular weight is 430 g/mol. The molecule has 2 N–H and O–H groups in total. The van der Waals surface area contributed by atoms with Crippen LogP contribution in [0.5, 0.6) is 5.75 Å². The third-order valence-electron chi connectivity index (χ3n) is 5.09. The van der Waals surface area contributed by atoms with Crippen LogP contribution in [-0.4, -0.2) is 80.9 Å². The van der Waals surface area contributed by atoms with Crippen LogP contribution in [0.25, 0.3) is 0 Å². The number of hydrogen-bond donors (Lipinski definition) is 2. The molecule has 1 aromatic rings. The Balaban J connectivity index is 1.98. The van der Waals surface area contributed by atoms with E-state index < -0.39 is 12.8 Å². The number of ether oxygens (including phenoxy) is 1. The molecule has 1 aliphatic rings. The highest BCUT2D eigenvalue weighted by Gasteiger charge is 2.28. The molecule has 0 spiro atoms. The van der Waals surface area contributed by atoms with E-state index in [1.165, 1.54) is 0 Å².